The van der Waals surface area contributed by atoms with Crippen LogP contribution in [0.25, 0.3) is 0 Å². The summed E-state index contributed by atoms with van der Waals surface area (Å²) in [5.41, 5.74) is 7.42. The van der Waals surface area contributed by atoms with Crippen LogP contribution in [0.15, 0.2) is 36.4 Å². The minimum atomic E-state index is 0.348. The van der Waals surface area contributed by atoms with Crippen LogP contribution in [0.5, 0.6) is 5.75 Å². The summed E-state index contributed by atoms with van der Waals surface area (Å²) in [7, 11) is 0. The summed E-state index contributed by atoms with van der Waals surface area (Å²) in [6.45, 7) is 0.811. The molecule has 0 radical (unpaired) electrons. The van der Waals surface area contributed by atoms with Crippen molar-refractivity contribution in [3.8, 4) is 5.75 Å². The molecule has 0 saturated heterocycles. The van der Waals surface area contributed by atoms with E-state index in [9.17, 15) is 0 Å². The summed E-state index contributed by atoms with van der Waals surface area (Å²) in [6, 6.07) is 10.7. The van der Waals surface area contributed by atoms with Crippen LogP contribution < -0.4 is 10.5 Å². The van der Waals surface area contributed by atoms with Gasteiger partial charge in [-0.25, -0.2) is 0 Å². The first kappa shape index (κ1) is 14.5. The third-order valence-corrected chi connectivity index (χ3v) is 3.37. The molecule has 0 amide bonds. The van der Waals surface area contributed by atoms with Gasteiger partial charge in [0, 0.05) is 27.2 Å². The number of rotatable bonds is 4. The monoisotopic (exact) mass is 315 g/mol. The average molecular weight is 317 g/mol. The Morgan fingerprint density at radius 1 is 0.947 bits per heavy atom. The van der Waals surface area contributed by atoms with Crippen molar-refractivity contribution in [1.29, 1.82) is 0 Å². The molecule has 0 aliphatic rings. The zero-order valence-electron chi connectivity index (χ0n) is 10.00. The van der Waals surface area contributed by atoms with Gasteiger partial charge in [0.15, 0.2) is 0 Å². The van der Waals surface area contributed by atoms with Crippen LogP contribution in [0.4, 0.5) is 0 Å². The SMILES string of the molecule is NCc1ccc(COc2cc(Cl)cc(Cl)c2)c(Cl)c1. The molecule has 0 aromatic heterocycles. The Labute approximate surface area is 127 Å². The largest absolute Gasteiger partial charge is 0.489 e. The maximum atomic E-state index is 6.15. The summed E-state index contributed by atoms with van der Waals surface area (Å²) >= 11 is 17.9. The van der Waals surface area contributed by atoms with E-state index in [0.717, 1.165) is 11.1 Å². The van der Waals surface area contributed by atoms with E-state index in [4.69, 9.17) is 45.3 Å². The Balaban J connectivity index is 2.10. The molecule has 0 saturated carbocycles. The van der Waals surface area contributed by atoms with Crippen LogP contribution >= 0.6 is 34.8 Å². The third kappa shape index (κ3) is 4.02. The number of ether oxygens (including phenoxy) is 1. The van der Waals surface area contributed by atoms with Gasteiger partial charge >= 0.3 is 0 Å². The lowest BCUT2D eigenvalue weighted by atomic mass is 10.1. The summed E-state index contributed by atoms with van der Waals surface area (Å²) < 4.78 is 5.62. The molecule has 0 fully saturated rings. The molecular weight excluding hydrogens is 305 g/mol. The minimum Gasteiger partial charge on any atom is -0.489 e. The number of hydrogen-bond donors (Lipinski definition) is 1. The predicted octanol–water partition coefficient (Wildman–Crippen LogP) is 4.68. The predicted molar refractivity (Wildman–Crippen MR) is 80.1 cm³/mol. The van der Waals surface area contributed by atoms with Crippen LogP contribution in [0.3, 0.4) is 0 Å². The first-order chi connectivity index (χ1) is 9.08. The van der Waals surface area contributed by atoms with Gasteiger partial charge in [-0.2, -0.15) is 0 Å². The smallest absolute Gasteiger partial charge is 0.122 e. The second-order valence-electron chi connectivity index (χ2n) is 4.02. The highest BCUT2D eigenvalue weighted by Crippen LogP contribution is 2.26. The van der Waals surface area contributed by atoms with Crippen molar-refractivity contribution >= 4 is 34.8 Å². The fourth-order valence-electron chi connectivity index (χ4n) is 1.61. The zero-order chi connectivity index (χ0) is 13.8. The highest BCUT2D eigenvalue weighted by atomic mass is 35.5. The van der Waals surface area contributed by atoms with Crippen molar-refractivity contribution in [2.45, 2.75) is 13.2 Å². The van der Waals surface area contributed by atoms with E-state index in [1.807, 2.05) is 18.2 Å². The molecule has 0 heterocycles. The second-order valence-corrected chi connectivity index (χ2v) is 5.30. The van der Waals surface area contributed by atoms with Crippen molar-refractivity contribution in [3.05, 3.63) is 62.6 Å². The summed E-state index contributed by atoms with van der Waals surface area (Å²) in [5.74, 6) is 0.608. The van der Waals surface area contributed by atoms with Crippen LogP contribution in [-0.4, -0.2) is 0 Å². The van der Waals surface area contributed by atoms with Crippen LogP contribution in [0, 0.1) is 0 Å². The van der Waals surface area contributed by atoms with Crippen molar-refractivity contribution in [1.82, 2.24) is 0 Å². The van der Waals surface area contributed by atoms with E-state index in [2.05, 4.69) is 0 Å². The molecule has 2 rings (SSSR count). The van der Waals surface area contributed by atoms with Crippen molar-refractivity contribution < 1.29 is 4.74 Å². The number of halogens is 3. The van der Waals surface area contributed by atoms with E-state index in [-0.39, 0.29) is 0 Å². The lowest BCUT2D eigenvalue weighted by molar-refractivity contribution is 0.306. The zero-order valence-corrected chi connectivity index (χ0v) is 12.3. The Morgan fingerprint density at radius 3 is 2.21 bits per heavy atom. The van der Waals surface area contributed by atoms with Gasteiger partial charge in [0.05, 0.1) is 0 Å². The molecule has 0 aliphatic heterocycles. The summed E-state index contributed by atoms with van der Waals surface area (Å²) in [6.07, 6.45) is 0. The van der Waals surface area contributed by atoms with Gasteiger partial charge < -0.3 is 10.5 Å². The van der Waals surface area contributed by atoms with Crippen LogP contribution in [0.2, 0.25) is 15.1 Å². The van der Waals surface area contributed by atoms with Gasteiger partial charge in [-0.15, -0.1) is 0 Å². The van der Waals surface area contributed by atoms with Crippen LogP contribution in [-0.2, 0) is 13.2 Å². The third-order valence-electron chi connectivity index (χ3n) is 2.58. The molecule has 100 valence electrons. The maximum absolute atomic E-state index is 6.15. The first-order valence-electron chi connectivity index (χ1n) is 5.65. The number of hydrogen-bond acceptors (Lipinski definition) is 2. The first-order valence-corrected chi connectivity index (χ1v) is 6.78. The molecule has 0 aliphatic carbocycles. The topological polar surface area (TPSA) is 35.2 Å². The van der Waals surface area contributed by atoms with Crippen LogP contribution in [0.1, 0.15) is 11.1 Å². The molecule has 0 spiro atoms. The molecule has 0 atom stereocenters. The Hall–Kier alpha value is -0.930. The maximum Gasteiger partial charge on any atom is 0.122 e. The Kier molecular flexibility index (Phi) is 4.94. The molecule has 2 N–H and O–H groups in total. The van der Waals surface area contributed by atoms with E-state index in [1.165, 1.54) is 0 Å². The molecule has 0 unspecified atom stereocenters. The number of benzene rings is 2. The molecule has 2 aromatic rings. The molecule has 19 heavy (non-hydrogen) atoms. The Morgan fingerprint density at radius 2 is 1.63 bits per heavy atom. The minimum absolute atomic E-state index is 0.348. The van der Waals surface area contributed by atoms with Crippen molar-refractivity contribution in [2.24, 2.45) is 5.73 Å². The van der Waals surface area contributed by atoms with E-state index in [0.29, 0.717) is 34.0 Å². The lowest BCUT2D eigenvalue weighted by Crippen LogP contribution is -2.00. The molecular formula is C14H12Cl3NO. The van der Waals surface area contributed by atoms with E-state index < -0.39 is 0 Å². The van der Waals surface area contributed by atoms with Gasteiger partial charge in [-0.3, -0.25) is 0 Å². The Bertz CT molecular complexity index is 567. The van der Waals surface area contributed by atoms with Gasteiger partial charge in [-0.05, 0) is 29.8 Å². The summed E-state index contributed by atoms with van der Waals surface area (Å²) in [5, 5.41) is 1.70. The standard InChI is InChI=1S/C14H12Cl3NO/c15-11-4-12(16)6-13(5-11)19-8-10-2-1-9(7-18)3-14(10)17/h1-6H,7-8,18H2. The number of nitrogens with two attached hydrogens (primary N) is 1. The lowest BCUT2D eigenvalue weighted by Gasteiger charge is -2.09. The average Bonchev–Trinajstić information content (AvgIpc) is 2.36. The normalized spacial score (nSPS) is 10.5. The highest BCUT2D eigenvalue weighted by Gasteiger charge is 2.04. The highest BCUT2D eigenvalue weighted by molar-refractivity contribution is 6.34. The molecule has 2 nitrogen and oxygen atoms in total. The van der Waals surface area contributed by atoms with E-state index >= 15 is 0 Å². The molecule has 0 bridgehead atoms. The summed E-state index contributed by atoms with van der Waals surface area (Å²) in [4.78, 5) is 0. The fraction of sp³-hybridized carbons (Fsp3) is 0.143. The van der Waals surface area contributed by atoms with Gasteiger partial charge in [-0.1, -0.05) is 46.9 Å². The van der Waals surface area contributed by atoms with E-state index in [1.54, 1.807) is 18.2 Å². The quantitative estimate of drug-likeness (QED) is 0.888. The van der Waals surface area contributed by atoms with Gasteiger partial charge in [0.1, 0.15) is 12.4 Å². The van der Waals surface area contributed by atoms with Crippen molar-refractivity contribution in [3.63, 3.8) is 0 Å². The van der Waals surface area contributed by atoms with Gasteiger partial charge in [0.2, 0.25) is 0 Å². The molecule has 5 heteroatoms. The molecule has 2 aromatic carbocycles. The fourth-order valence-corrected chi connectivity index (χ4v) is 2.37. The van der Waals surface area contributed by atoms with Crippen molar-refractivity contribution in [2.75, 3.05) is 0 Å². The van der Waals surface area contributed by atoms with Gasteiger partial charge in [0.25, 0.3) is 0 Å². The second kappa shape index (κ2) is 6.49.